The monoisotopic (exact) mass is 247 g/mol. The zero-order valence-electron chi connectivity index (χ0n) is 11.2. The Morgan fingerprint density at radius 2 is 2.11 bits per heavy atom. The van der Waals surface area contributed by atoms with Gasteiger partial charge in [-0.25, -0.2) is 0 Å². The second-order valence-corrected chi connectivity index (χ2v) is 5.05. The van der Waals surface area contributed by atoms with Gasteiger partial charge in [-0.1, -0.05) is 0 Å². The molecule has 3 nitrogen and oxygen atoms in total. The molecule has 1 aliphatic heterocycles. The molecular weight excluding hydrogens is 226 g/mol. The van der Waals surface area contributed by atoms with Crippen molar-refractivity contribution < 1.29 is 9.53 Å². The smallest absolute Gasteiger partial charge is 0.150 e. The largest absolute Gasteiger partial charge is 0.384 e. The van der Waals surface area contributed by atoms with Crippen LogP contribution in [-0.2, 0) is 4.74 Å². The fourth-order valence-electron chi connectivity index (χ4n) is 2.68. The third-order valence-electron chi connectivity index (χ3n) is 3.71. The van der Waals surface area contributed by atoms with Gasteiger partial charge in [-0.2, -0.15) is 0 Å². The number of hydrogen-bond acceptors (Lipinski definition) is 3. The number of piperidine rings is 1. The Kier molecular flexibility index (Phi) is 4.37. The van der Waals surface area contributed by atoms with Gasteiger partial charge in [0.05, 0.1) is 0 Å². The minimum atomic E-state index is 0.695. The topological polar surface area (TPSA) is 29.5 Å². The molecule has 1 fully saturated rings. The molecule has 2 rings (SSSR count). The molecule has 0 radical (unpaired) electrons. The van der Waals surface area contributed by atoms with E-state index >= 15 is 0 Å². The van der Waals surface area contributed by atoms with Gasteiger partial charge in [-0.05, 0) is 49.4 Å². The number of ether oxygens (including phenoxy) is 1. The summed E-state index contributed by atoms with van der Waals surface area (Å²) < 4.78 is 5.22. The van der Waals surface area contributed by atoms with E-state index in [2.05, 4.69) is 17.9 Å². The van der Waals surface area contributed by atoms with E-state index in [-0.39, 0.29) is 0 Å². The Bertz CT molecular complexity index is 409. The molecule has 98 valence electrons. The minimum Gasteiger partial charge on any atom is -0.384 e. The van der Waals surface area contributed by atoms with Gasteiger partial charge in [0.15, 0.2) is 0 Å². The van der Waals surface area contributed by atoms with Crippen LogP contribution >= 0.6 is 0 Å². The maximum atomic E-state index is 10.7. The van der Waals surface area contributed by atoms with Gasteiger partial charge in [0.2, 0.25) is 0 Å². The van der Waals surface area contributed by atoms with Gasteiger partial charge in [0, 0.05) is 38.1 Å². The lowest BCUT2D eigenvalue weighted by Crippen LogP contribution is -2.35. The Morgan fingerprint density at radius 1 is 1.39 bits per heavy atom. The second-order valence-electron chi connectivity index (χ2n) is 5.05. The molecule has 0 aliphatic carbocycles. The molecule has 18 heavy (non-hydrogen) atoms. The lowest BCUT2D eigenvalue weighted by atomic mass is 9.96. The van der Waals surface area contributed by atoms with Crippen LogP contribution < -0.4 is 4.90 Å². The van der Waals surface area contributed by atoms with E-state index in [1.54, 1.807) is 7.11 Å². The highest BCUT2D eigenvalue weighted by atomic mass is 16.5. The molecule has 0 bridgehead atoms. The number of nitrogens with zero attached hydrogens (tertiary/aromatic N) is 1. The van der Waals surface area contributed by atoms with Crippen LogP contribution in [0.25, 0.3) is 0 Å². The number of carbonyl (C=O) groups is 1. The van der Waals surface area contributed by atoms with Crippen LogP contribution in [0.5, 0.6) is 0 Å². The van der Waals surface area contributed by atoms with Crippen LogP contribution in [0.2, 0.25) is 0 Å². The first-order chi connectivity index (χ1) is 8.74. The number of carbonyl (C=O) groups excluding carboxylic acids is 1. The summed E-state index contributed by atoms with van der Waals surface area (Å²) in [4.78, 5) is 13.1. The lowest BCUT2D eigenvalue weighted by molar-refractivity contribution is 0.112. The standard InChI is InChI=1S/C15H21NO2/c1-12-9-14(10-17)3-4-15(12)16-7-5-13(6-8-16)11-18-2/h3-4,9-10,13H,5-8,11H2,1-2H3. The normalized spacial score (nSPS) is 16.9. The SMILES string of the molecule is COCC1CCN(c2ccc(C=O)cc2C)CC1. The van der Waals surface area contributed by atoms with Crippen LogP contribution in [0.1, 0.15) is 28.8 Å². The molecular formula is C15H21NO2. The first-order valence-electron chi connectivity index (χ1n) is 6.54. The Hall–Kier alpha value is -1.35. The van der Waals surface area contributed by atoms with Crippen molar-refractivity contribution in [1.29, 1.82) is 0 Å². The molecule has 0 spiro atoms. The summed E-state index contributed by atoms with van der Waals surface area (Å²) in [5.74, 6) is 0.695. The fourth-order valence-corrected chi connectivity index (χ4v) is 2.68. The first kappa shape index (κ1) is 13.1. The molecule has 0 N–H and O–H groups in total. The maximum absolute atomic E-state index is 10.7. The van der Waals surface area contributed by atoms with Crippen molar-refractivity contribution in [2.75, 3.05) is 31.7 Å². The average Bonchev–Trinajstić information content (AvgIpc) is 2.40. The van der Waals surface area contributed by atoms with Gasteiger partial charge in [-0.15, -0.1) is 0 Å². The molecule has 1 aliphatic rings. The maximum Gasteiger partial charge on any atom is 0.150 e. The van der Waals surface area contributed by atoms with E-state index < -0.39 is 0 Å². The fraction of sp³-hybridized carbons (Fsp3) is 0.533. The van der Waals surface area contributed by atoms with Gasteiger partial charge < -0.3 is 9.64 Å². The van der Waals surface area contributed by atoms with Gasteiger partial charge in [0.25, 0.3) is 0 Å². The van der Waals surface area contributed by atoms with E-state index in [0.717, 1.165) is 31.5 Å². The summed E-state index contributed by atoms with van der Waals surface area (Å²) in [7, 11) is 1.77. The van der Waals surface area contributed by atoms with Crippen LogP contribution in [0, 0.1) is 12.8 Å². The highest BCUT2D eigenvalue weighted by Gasteiger charge is 2.20. The number of aryl methyl sites for hydroxylation is 1. The molecule has 0 saturated carbocycles. The Labute approximate surface area is 109 Å². The van der Waals surface area contributed by atoms with Crippen molar-refractivity contribution in [3.8, 4) is 0 Å². The van der Waals surface area contributed by atoms with Crippen molar-refractivity contribution in [1.82, 2.24) is 0 Å². The molecule has 0 amide bonds. The molecule has 0 unspecified atom stereocenters. The second kappa shape index (κ2) is 6.01. The molecule has 1 aromatic carbocycles. The first-order valence-corrected chi connectivity index (χ1v) is 6.54. The number of aldehydes is 1. The lowest BCUT2D eigenvalue weighted by Gasteiger charge is -2.34. The summed E-state index contributed by atoms with van der Waals surface area (Å²) in [5, 5.41) is 0. The van der Waals surface area contributed by atoms with Gasteiger partial charge in [-0.3, -0.25) is 4.79 Å². The van der Waals surface area contributed by atoms with Crippen LogP contribution in [-0.4, -0.2) is 33.1 Å². The molecule has 3 heteroatoms. The van der Waals surface area contributed by atoms with Crippen LogP contribution in [0.4, 0.5) is 5.69 Å². The number of benzene rings is 1. The third kappa shape index (κ3) is 2.91. The third-order valence-corrected chi connectivity index (χ3v) is 3.71. The molecule has 0 aromatic heterocycles. The summed E-state index contributed by atoms with van der Waals surface area (Å²) in [6, 6.07) is 5.93. The molecule has 0 atom stereocenters. The Morgan fingerprint density at radius 3 is 2.67 bits per heavy atom. The van der Waals surface area contributed by atoms with Gasteiger partial charge >= 0.3 is 0 Å². The minimum absolute atomic E-state index is 0.695. The zero-order chi connectivity index (χ0) is 13.0. The number of anilines is 1. The van der Waals surface area contributed by atoms with E-state index in [9.17, 15) is 4.79 Å². The highest BCUT2D eigenvalue weighted by molar-refractivity contribution is 5.77. The summed E-state index contributed by atoms with van der Waals surface area (Å²) in [6.45, 7) is 5.10. The number of methoxy groups -OCH3 is 1. The summed E-state index contributed by atoms with van der Waals surface area (Å²) in [5.41, 5.74) is 3.20. The highest BCUT2D eigenvalue weighted by Crippen LogP contribution is 2.26. The molecule has 1 heterocycles. The number of rotatable bonds is 4. The quantitative estimate of drug-likeness (QED) is 0.766. The zero-order valence-corrected chi connectivity index (χ0v) is 11.2. The summed E-state index contributed by atoms with van der Waals surface area (Å²) >= 11 is 0. The van der Waals surface area contributed by atoms with Crippen molar-refractivity contribution >= 4 is 12.0 Å². The predicted octanol–water partition coefficient (Wildman–Crippen LogP) is 2.67. The molecule has 1 aromatic rings. The molecule has 1 saturated heterocycles. The van der Waals surface area contributed by atoms with Crippen molar-refractivity contribution in [2.45, 2.75) is 19.8 Å². The van der Waals surface area contributed by atoms with Crippen molar-refractivity contribution in [2.24, 2.45) is 5.92 Å². The van der Waals surface area contributed by atoms with E-state index in [1.807, 2.05) is 12.1 Å². The van der Waals surface area contributed by atoms with Crippen LogP contribution in [0.3, 0.4) is 0 Å². The van der Waals surface area contributed by atoms with E-state index in [0.29, 0.717) is 5.92 Å². The van der Waals surface area contributed by atoms with Crippen molar-refractivity contribution in [3.63, 3.8) is 0 Å². The summed E-state index contributed by atoms with van der Waals surface area (Å²) in [6.07, 6.45) is 3.27. The predicted molar refractivity (Wildman–Crippen MR) is 73.4 cm³/mol. The van der Waals surface area contributed by atoms with E-state index in [4.69, 9.17) is 4.74 Å². The Balaban J connectivity index is 2.03. The van der Waals surface area contributed by atoms with Crippen molar-refractivity contribution in [3.05, 3.63) is 29.3 Å². The van der Waals surface area contributed by atoms with Gasteiger partial charge in [0.1, 0.15) is 6.29 Å². The van der Waals surface area contributed by atoms with E-state index in [1.165, 1.54) is 24.1 Å². The van der Waals surface area contributed by atoms with Crippen LogP contribution in [0.15, 0.2) is 18.2 Å². The number of hydrogen-bond donors (Lipinski definition) is 0. The average molecular weight is 247 g/mol.